The number of ether oxygens (including phenoxy) is 1. The van der Waals surface area contributed by atoms with E-state index in [-0.39, 0.29) is 17.9 Å². The second kappa shape index (κ2) is 7.41. The van der Waals surface area contributed by atoms with Crippen molar-refractivity contribution in [2.24, 2.45) is 0 Å². The van der Waals surface area contributed by atoms with Crippen LogP contribution in [0.2, 0.25) is 0 Å². The number of hydrogen-bond acceptors (Lipinski definition) is 5. The Morgan fingerprint density at radius 3 is 2.60 bits per heavy atom. The first-order chi connectivity index (χ1) is 11.7. The fourth-order valence-corrected chi connectivity index (χ4v) is 1.87. The predicted molar refractivity (Wildman–Crippen MR) is 78.4 cm³/mol. The number of carbonyl (C=O) groups is 1. The zero-order valence-corrected chi connectivity index (χ0v) is 13.3. The molecule has 1 amide bonds. The first kappa shape index (κ1) is 18.6. The summed E-state index contributed by atoms with van der Waals surface area (Å²) < 4.78 is 54.5. The normalized spacial score (nSPS) is 11.3. The summed E-state index contributed by atoms with van der Waals surface area (Å²) in [5, 5.41) is 2.53. The molecule has 6 nitrogen and oxygen atoms in total. The highest BCUT2D eigenvalue weighted by atomic mass is 19.4. The van der Waals surface area contributed by atoms with Crippen molar-refractivity contribution in [2.75, 3.05) is 6.61 Å². The Labute approximate surface area is 140 Å². The molecule has 0 aliphatic rings. The van der Waals surface area contributed by atoms with Crippen LogP contribution < -0.4 is 10.1 Å². The summed E-state index contributed by atoms with van der Waals surface area (Å²) in [5.74, 6) is -2.28. The molecule has 0 aromatic carbocycles. The number of halogens is 4. The second-order valence-corrected chi connectivity index (χ2v) is 5.15. The van der Waals surface area contributed by atoms with Crippen LogP contribution in [0.15, 0.2) is 18.5 Å². The van der Waals surface area contributed by atoms with Crippen molar-refractivity contribution in [3.05, 3.63) is 46.9 Å². The van der Waals surface area contributed by atoms with Crippen LogP contribution in [0.25, 0.3) is 0 Å². The Balaban J connectivity index is 2.05. The van der Waals surface area contributed by atoms with E-state index < -0.39 is 30.4 Å². The van der Waals surface area contributed by atoms with Gasteiger partial charge in [-0.15, -0.1) is 0 Å². The van der Waals surface area contributed by atoms with Crippen LogP contribution in [0.4, 0.5) is 17.6 Å². The van der Waals surface area contributed by atoms with Crippen molar-refractivity contribution < 1.29 is 27.1 Å². The molecule has 25 heavy (non-hydrogen) atoms. The van der Waals surface area contributed by atoms with Gasteiger partial charge in [0.1, 0.15) is 12.0 Å². The van der Waals surface area contributed by atoms with Gasteiger partial charge in [-0.25, -0.2) is 19.3 Å². The number of amides is 1. The van der Waals surface area contributed by atoms with Gasteiger partial charge < -0.3 is 10.1 Å². The summed E-state index contributed by atoms with van der Waals surface area (Å²) in [6.07, 6.45) is -3.35. The summed E-state index contributed by atoms with van der Waals surface area (Å²) in [7, 11) is 0. The Morgan fingerprint density at radius 1 is 1.24 bits per heavy atom. The molecule has 0 atom stereocenters. The molecule has 10 heteroatoms. The first-order valence-corrected chi connectivity index (χ1v) is 7.08. The molecule has 0 spiro atoms. The Morgan fingerprint density at radius 2 is 1.96 bits per heavy atom. The van der Waals surface area contributed by atoms with E-state index in [1.807, 2.05) is 0 Å². The van der Waals surface area contributed by atoms with Crippen molar-refractivity contribution in [3.8, 4) is 5.88 Å². The molecule has 0 unspecified atom stereocenters. The number of nitrogens with one attached hydrogen (secondary N) is 1. The van der Waals surface area contributed by atoms with Gasteiger partial charge in [0.15, 0.2) is 12.4 Å². The SMILES string of the molecule is Cc1cc(C(=O)NCc2cc(F)c(OCC(F)(F)F)nc2C)ncn1. The fraction of sp³-hybridized carbons (Fsp3) is 0.333. The molecule has 1 N–H and O–H groups in total. The predicted octanol–water partition coefficient (Wildman–Crippen LogP) is 2.50. The molecule has 0 saturated heterocycles. The van der Waals surface area contributed by atoms with Crippen LogP contribution >= 0.6 is 0 Å². The average molecular weight is 358 g/mol. The highest BCUT2D eigenvalue weighted by Gasteiger charge is 2.29. The van der Waals surface area contributed by atoms with E-state index >= 15 is 0 Å². The summed E-state index contributed by atoms with van der Waals surface area (Å²) in [6, 6.07) is 2.45. The minimum Gasteiger partial charge on any atom is -0.466 e. The first-order valence-electron chi connectivity index (χ1n) is 7.08. The zero-order chi connectivity index (χ0) is 18.6. The molecule has 0 radical (unpaired) electrons. The summed E-state index contributed by atoms with van der Waals surface area (Å²) in [4.78, 5) is 23.3. The molecule has 2 aromatic heterocycles. The maximum Gasteiger partial charge on any atom is 0.422 e. The van der Waals surface area contributed by atoms with Crippen molar-refractivity contribution in [1.29, 1.82) is 0 Å². The third-order valence-corrected chi connectivity index (χ3v) is 3.09. The molecule has 0 aliphatic heterocycles. The standard InChI is InChI=1S/C15H14F4N4O2/c1-8-3-12(22-7-21-8)13(24)20-5-10-4-11(16)14(23-9(10)2)25-6-15(17,18)19/h3-4,7H,5-6H2,1-2H3,(H,20,24). The van der Waals surface area contributed by atoms with E-state index in [2.05, 4.69) is 25.0 Å². The van der Waals surface area contributed by atoms with Crippen molar-refractivity contribution in [3.63, 3.8) is 0 Å². The minimum absolute atomic E-state index is 0.0722. The van der Waals surface area contributed by atoms with Gasteiger partial charge in [0.05, 0.1) is 0 Å². The summed E-state index contributed by atoms with van der Waals surface area (Å²) in [6.45, 7) is 1.45. The largest absolute Gasteiger partial charge is 0.466 e. The molecule has 0 saturated carbocycles. The van der Waals surface area contributed by atoms with Gasteiger partial charge in [-0.05, 0) is 31.5 Å². The summed E-state index contributed by atoms with van der Waals surface area (Å²) in [5.41, 5.74) is 1.28. The number of hydrogen-bond donors (Lipinski definition) is 1. The molecule has 134 valence electrons. The van der Waals surface area contributed by atoms with Crippen LogP contribution in [0.3, 0.4) is 0 Å². The van der Waals surface area contributed by atoms with Crippen molar-refractivity contribution in [2.45, 2.75) is 26.6 Å². The van der Waals surface area contributed by atoms with E-state index in [0.29, 0.717) is 11.3 Å². The van der Waals surface area contributed by atoms with Crippen molar-refractivity contribution in [1.82, 2.24) is 20.3 Å². The lowest BCUT2D eigenvalue weighted by molar-refractivity contribution is -0.154. The molecule has 2 aromatic rings. The third-order valence-electron chi connectivity index (χ3n) is 3.09. The van der Waals surface area contributed by atoms with Gasteiger partial charge in [-0.2, -0.15) is 13.2 Å². The Hall–Kier alpha value is -2.78. The van der Waals surface area contributed by atoms with Crippen LogP contribution in [0.1, 0.15) is 27.4 Å². The minimum atomic E-state index is -4.59. The lowest BCUT2D eigenvalue weighted by Crippen LogP contribution is -2.25. The van der Waals surface area contributed by atoms with Gasteiger partial charge in [-0.1, -0.05) is 0 Å². The fourth-order valence-electron chi connectivity index (χ4n) is 1.87. The van der Waals surface area contributed by atoms with E-state index in [9.17, 15) is 22.4 Å². The maximum atomic E-state index is 13.8. The molecule has 2 heterocycles. The number of aryl methyl sites for hydroxylation is 2. The second-order valence-electron chi connectivity index (χ2n) is 5.15. The highest BCUT2D eigenvalue weighted by Crippen LogP contribution is 2.21. The van der Waals surface area contributed by atoms with E-state index in [1.165, 1.54) is 19.3 Å². The number of aromatic nitrogens is 3. The number of nitrogens with zero attached hydrogens (tertiary/aromatic N) is 3. The lowest BCUT2D eigenvalue weighted by Gasteiger charge is -2.12. The van der Waals surface area contributed by atoms with Crippen LogP contribution in [0.5, 0.6) is 5.88 Å². The molecule has 0 bridgehead atoms. The van der Waals surface area contributed by atoms with Gasteiger partial charge in [0.2, 0.25) is 0 Å². The molecule has 2 rings (SSSR count). The van der Waals surface area contributed by atoms with E-state index in [4.69, 9.17) is 0 Å². The van der Waals surface area contributed by atoms with Crippen LogP contribution in [-0.4, -0.2) is 33.6 Å². The third kappa shape index (κ3) is 5.37. The highest BCUT2D eigenvalue weighted by molar-refractivity contribution is 5.92. The van der Waals surface area contributed by atoms with Gasteiger partial charge >= 0.3 is 6.18 Å². The van der Waals surface area contributed by atoms with Gasteiger partial charge in [0, 0.05) is 17.9 Å². The number of carbonyl (C=O) groups excluding carboxylic acids is 1. The number of alkyl halides is 3. The monoisotopic (exact) mass is 358 g/mol. The Kier molecular flexibility index (Phi) is 5.50. The van der Waals surface area contributed by atoms with Crippen LogP contribution in [-0.2, 0) is 6.54 Å². The Bertz CT molecular complexity index is 781. The van der Waals surface area contributed by atoms with Gasteiger partial charge in [0.25, 0.3) is 11.8 Å². The molecular formula is C15H14F4N4O2. The van der Waals surface area contributed by atoms with E-state index in [1.54, 1.807) is 6.92 Å². The molecule has 0 aliphatic carbocycles. The zero-order valence-electron chi connectivity index (χ0n) is 13.3. The number of pyridine rings is 1. The lowest BCUT2D eigenvalue weighted by atomic mass is 10.2. The number of rotatable bonds is 5. The summed E-state index contributed by atoms with van der Waals surface area (Å²) >= 11 is 0. The molecular weight excluding hydrogens is 344 g/mol. The quantitative estimate of drug-likeness (QED) is 0.831. The maximum absolute atomic E-state index is 13.8. The average Bonchev–Trinajstić information content (AvgIpc) is 2.52. The van der Waals surface area contributed by atoms with Crippen LogP contribution in [0, 0.1) is 19.7 Å². The topological polar surface area (TPSA) is 77.0 Å². The van der Waals surface area contributed by atoms with Crippen molar-refractivity contribution >= 4 is 5.91 Å². The smallest absolute Gasteiger partial charge is 0.422 e. The van der Waals surface area contributed by atoms with Gasteiger partial charge in [-0.3, -0.25) is 4.79 Å². The van der Waals surface area contributed by atoms with E-state index in [0.717, 1.165) is 6.07 Å². The molecule has 0 fully saturated rings.